The van der Waals surface area contributed by atoms with E-state index in [9.17, 15) is 0 Å². The Labute approximate surface area is 342 Å². The van der Waals surface area contributed by atoms with Crippen LogP contribution in [-0.2, 0) is 5.41 Å². The molecule has 6 heteroatoms. The third-order valence-electron chi connectivity index (χ3n) is 13.2. The smallest absolute Gasteiger partial charge is 0.164 e. The van der Waals surface area contributed by atoms with Crippen molar-refractivity contribution in [2.75, 3.05) is 0 Å². The number of hydrogen-bond donors (Lipinski definition) is 0. The van der Waals surface area contributed by atoms with Gasteiger partial charge in [-0.3, -0.25) is 0 Å². The lowest BCUT2D eigenvalue weighted by Crippen LogP contribution is -2.71. The van der Waals surface area contributed by atoms with Gasteiger partial charge in [-0.15, -0.1) is 0 Å². The van der Waals surface area contributed by atoms with Gasteiger partial charge in [0.1, 0.15) is 0 Å². The molecule has 280 valence electrons. The van der Waals surface area contributed by atoms with Crippen molar-refractivity contribution in [1.29, 1.82) is 0 Å². The number of aromatic nitrogens is 6. The van der Waals surface area contributed by atoms with E-state index in [0.29, 0.717) is 40.4 Å². The molecule has 7 aromatic carbocycles. The maximum absolute atomic E-state index is 5.25. The highest BCUT2D eigenvalue weighted by Gasteiger charge is 2.71. The molecule has 3 saturated carbocycles. The second-order valence-corrected chi connectivity index (χ2v) is 16.5. The third-order valence-corrected chi connectivity index (χ3v) is 13.2. The van der Waals surface area contributed by atoms with Gasteiger partial charge >= 0.3 is 0 Å². The maximum atomic E-state index is 5.25. The van der Waals surface area contributed by atoms with Gasteiger partial charge in [0.15, 0.2) is 34.9 Å². The zero-order chi connectivity index (χ0) is 38.9. The van der Waals surface area contributed by atoms with Crippen molar-refractivity contribution in [2.45, 2.75) is 24.7 Å². The zero-order valence-electron chi connectivity index (χ0n) is 32.3. The number of rotatable bonds is 8. The molecule has 0 saturated heterocycles. The summed E-state index contributed by atoms with van der Waals surface area (Å²) in [6.07, 6.45) is 4.16. The van der Waals surface area contributed by atoms with Crippen molar-refractivity contribution in [3.8, 4) is 79.5 Å². The highest BCUT2D eigenvalue weighted by Crippen LogP contribution is 2.77. The Bertz CT molecular complexity index is 2970. The minimum Gasteiger partial charge on any atom is -0.208 e. The number of fused-ring (bicyclic) bond motifs is 1. The molecule has 0 N–H and O–H groups in total. The predicted molar refractivity (Wildman–Crippen MR) is 235 cm³/mol. The van der Waals surface area contributed by atoms with Gasteiger partial charge < -0.3 is 0 Å². The van der Waals surface area contributed by atoms with Crippen LogP contribution in [0.4, 0.5) is 0 Å². The number of nitrogens with zero attached hydrogens (tertiary/aromatic N) is 6. The van der Waals surface area contributed by atoms with Gasteiger partial charge in [0, 0.05) is 33.4 Å². The highest BCUT2D eigenvalue weighted by atomic mass is 15.0. The monoisotopic (exact) mass is 758 g/mol. The van der Waals surface area contributed by atoms with E-state index >= 15 is 0 Å². The minimum absolute atomic E-state index is 0.417. The van der Waals surface area contributed by atoms with Crippen LogP contribution >= 0.6 is 0 Å². The average molecular weight is 759 g/mol. The average Bonchev–Trinajstić information content (AvgIpc) is 3.31. The molecule has 12 rings (SSSR count). The molecule has 2 aromatic heterocycles. The van der Waals surface area contributed by atoms with Gasteiger partial charge in [0.25, 0.3) is 0 Å². The van der Waals surface area contributed by atoms with Gasteiger partial charge in [-0.05, 0) is 88.1 Å². The molecule has 6 nitrogen and oxygen atoms in total. The summed E-state index contributed by atoms with van der Waals surface area (Å²) in [6.45, 7) is 0. The van der Waals surface area contributed by atoms with Crippen molar-refractivity contribution >= 4 is 10.8 Å². The molecular weight excluding hydrogens is 721 g/mol. The van der Waals surface area contributed by atoms with Crippen molar-refractivity contribution in [3.05, 3.63) is 181 Å². The standard InChI is InChI=1S/C53H38N6/c1-4-13-33(14-5-1)47-54-48(34-15-6-2-7-16-34)57-51(56-47)39-21-12-20-37(27-39)40-28-38-19-10-11-22-44(38)45(30-40)52-58-49(35-17-8-3-9-18-35)55-50(59-52)36-23-25-43(26-24-36)53-31-41-29-42(32-53)46(41)53/h1-28,30,41-42,46H,29,31-32H2. The molecule has 9 aromatic rings. The summed E-state index contributed by atoms with van der Waals surface area (Å²) >= 11 is 0. The van der Waals surface area contributed by atoms with Crippen LogP contribution in [0.15, 0.2) is 176 Å². The Hall–Kier alpha value is -7.18. The topological polar surface area (TPSA) is 77.3 Å². The van der Waals surface area contributed by atoms with Gasteiger partial charge in [0.05, 0.1) is 0 Å². The molecule has 0 aliphatic heterocycles. The molecule has 0 amide bonds. The van der Waals surface area contributed by atoms with E-state index in [0.717, 1.165) is 73.0 Å². The highest BCUT2D eigenvalue weighted by molar-refractivity contribution is 5.99. The van der Waals surface area contributed by atoms with Gasteiger partial charge in [-0.2, -0.15) is 0 Å². The normalized spacial score (nSPS) is 19.9. The Kier molecular flexibility index (Phi) is 7.73. The van der Waals surface area contributed by atoms with Crippen LogP contribution in [0.25, 0.3) is 90.2 Å². The van der Waals surface area contributed by atoms with E-state index < -0.39 is 0 Å². The van der Waals surface area contributed by atoms with Crippen molar-refractivity contribution < 1.29 is 0 Å². The first kappa shape index (κ1) is 33.9. The van der Waals surface area contributed by atoms with E-state index in [1.807, 2.05) is 78.9 Å². The summed E-state index contributed by atoms with van der Waals surface area (Å²) in [5, 5.41) is 2.18. The molecule has 0 spiro atoms. The van der Waals surface area contributed by atoms with Crippen molar-refractivity contribution in [3.63, 3.8) is 0 Å². The molecule has 3 fully saturated rings. The van der Waals surface area contributed by atoms with E-state index in [2.05, 4.69) is 97.1 Å². The van der Waals surface area contributed by atoms with Crippen LogP contribution in [0.5, 0.6) is 0 Å². The van der Waals surface area contributed by atoms with Gasteiger partial charge in [-0.1, -0.05) is 158 Å². The van der Waals surface area contributed by atoms with E-state index in [1.165, 1.54) is 24.8 Å². The molecule has 0 bridgehead atoms. The summed E-state index contributed by atoms with van der Waals surface area (Å²) in [6, 6.07) is 60.9. The van der Waals surface area contributed by atoms with Crippen molar-refractivity contribution in [1.82, 2.24) is 29.9 Å². The van der Waals surface area contributed by atoms with Crippen LogP contribution in [0.3, 0.4) is 0 Å². The third kappa shape index (κ3) is 5.70. The molecule has 2 unspecified atom stereocenters. The fraction of sp³-hybridized carbons (Fsp3) is 0.132. The fourth-order valence-electron chi connectivity index (χ4n) is 10.3. The van der Waals surface area contributed by atoms with Crippen LogP contribution in [-0.4, -0.2) is 29.9 Å². The predicted octanol–water partition coefficient (Wildman–Crippen LogP) is 12.2. The second kappa shape index (κ2) is 13.5. The van der Waals surface area contributed by atoms with Crippen LogP contribution < -0.4 is 0 Å². The van der Waals surface area contributed by atoms with Crippen LogP contribution in [0.1, 0.15) is 24.8 Å². The SMILES string of the molecule is c1ccc(-c2nc(-c3ccccc3)nc(-c3cccc(-c4cc(-c5nc(-c6ccccc6)nc(-c6ccc(C78CC9CC(C7)C98)cc6)n5)c5ccccc5c4)c3)n2)cc1. The lowest BCUT2D eigenvalue weighted by Gasteiger charge is -2.76. The summed E-state index contributed by atoms with van der Waals surface area (Å²) in [5.74, 6) is 6.69. The molecule has 3 aliphatic carbocycles. The van der Waals surface area contributed by atoms with Crippen LogP contribution in [0, 0.1) is 17.8 Å². The number of hydrogen-bond acceptors (Lipinski definition) is 6. The van der Waals surface area contributed by atoms with Crippen molar-refractivity contribution in [2.24, 2.45) is 17.8 Å². The minimum atomic E-state index is 0.417. The fourth-order valence-corrected chi connectivity index (χ4v) is 10.3. The van der Waals surface area contributed by atoms with E-state index in [-0.39, 0.29) is 0 Å². The Morgan fingerprint density at radius 3 is 1.36 bits per heavy atom. The van der Waals surface area contributed by atoms with E-state index in [1.54, 1.807) is 0 Å². The van der Waals surface area contributed by atoms with Crippen LogP contribution in [0.2, 0.25) is 0 Å². The lowest BCUT2D eigenvalue weighted by atomic mass is 9.28. The molecule has 3 aliphatic rings. The summed E-state index contributed by atoms with van der Waals surface area (Å²) in [4.78, 5) is 30.5. The molecule has 59 heavy (non-hydrogen) atoms. The van der Waals surface area contributed by atoms with Gasteiger partial charge in [0.2, 0.25) is 0 Å². The first-order chi connectivity index (χ1) is 29.1. The Morgan fingerprint density at radius 1 is 0.356 bits per heavy atom. The first-order valence-corrected chi connectivity index (χ1v) is 20.6. The largest absolute Gasteiger partial charge is 0.208 e. The summed E-state index contributed by atoms with van der Waals surface area (Å²) < 4.78 is 0. The first-order valence-electron chi connectivity index (χ1n) is 20.6. The molecule has 2 heterocycles. The molecule has 2 atom stereocenters. The molecular formula is C53H38N6. The summed E-state index contributed by atoms with van der Waals surface area (Å²) in [7, 11) is 0. The van der Waals surface area contributed by atoms with E-state index in [4.69, 9.17) is 29.9 Å². The lowest BCUT2D eigenvalue weighted by molar-refractivity contribution is -0.219. The Morgan fingerprint density at radius 2 is 0.814 bits per heavy atom. The van der Waals surface area contributed by atoms with Gasteiger partial charge in [-0.25, -0.2) is 29.9 Å². The second-order valence-electron chi connectivity index (χ2n) is 16.5. The quantitative estimate of drug-likeness (QED) is 0.154. The number of benzene rings is 7. The Balaban J connectivity index is 0.973. The maximum Gasteiger partial charge on any atom is 0.164 e. The summed E-state index contributed by atoms with van der Waals surface area (Å²) in [5.41, 5.74) is 9.66. The zero-order valence-corrected chi connectivity index (χ0v) is 32.3. The molecule has 0 radical (unpaired) electrons.